The summed E-state index contributed by atoms with van der Waals surface area (Å²) >= 11 is 0. The molecule has 2 heteroatoms. The van der Waals surface area contributed by atoms with E-state index in [2.05, 4.69) is 0 Å². The largest absolute Gasteiger partial charge is 0.298 e. The quantitative estimate of drug-likeness (QED) is 0.591. The van der Waals surface area contributed by atoms with Crippen molar-refractivity contribution in [2.75, 3.05) is 0 Å². The first kappa shape index (κ1) is 7.22. The molecule has 0 saturated carbocycles. The topological polar surface area (TPSA) is 26.0 Å². The molecular weight excluding hydrogens is 129 g/mol. The molecule has 0 aliphatic carbocycles. The number of rotatable bonds is 1. The van der Waals surface area contributed by atoms with Crippen LogP contribution in [0.5, 0.6) is 0 Å². The van der Waals surface area contributed by atoms with Crippen molar-refractivity contribution in [1.82, 2.24) is 0 Å². The maximum Gasteiger partial charge on any atom is 0.174 e. The molecule has 1 aromatic rings. The van der Waals surface area contributed by atoms with Gasteiger partial charge in [0.05, 0.1) is 0 Å². The van der Waals surface area contributed by atoms with E-state index in [1.165, 1.54) is 0 Å². The number of halogens is 1. The highest BCUT2D eigenvalue weighted by Crippen LogP contribution is 2.11. The van der Waals surface area contributed by atoms with Crippen LogP contribution in [-0.4, -0.2) is 0 Å². The maximum absolute atomic E-state index is 12.4. The molecule has 0 bridgehead atoms. The summed E-state index contributed by atoms with van der Waals surface area (Å²) in [7, 11) is 0. The number of nitrogens with two attached hydrogens (primary N) is 1. The van der Waals surface area contributed by atoms with E-state index in [-0.39, 0.29) is 0 Å². The van der Waals surface area contributed by atoms with Crippen molar-refractivity contribution >= 4 is 0 Å². The van der Waals surface area contributed by atoms with Crippen molar-refractivity contribution in [3.05, 3.63) is 35.4 Å². The summed E-state index contributed by atoms with van der Waals surface area (Å²) in [6, 6.07) is 7.12. The van der Waals surface area contributed by atoms with Crippen LogP contribution in [0.2, 0.25) is 0 Å². The van der Waals surface area contributed by atoms with Gasteiger partial charge in [-0.25, -0.2) is 4.39 Å². The third kappa shape index (κ3) is 1.54. The van der Waals surface area contributed by atoms with Gasteiger partial charge in [0.1, 0.15) is 0 Å². The van der Waals surface area contributed by atoms with E-state index in [0.29, 0.717) is 5.56 Å². The molecule has 0 heterocycles. The molecular formula is C8H10FN. The standard InChI is InChI=1S/C8H10FN/c1-6-3-2-4-7(5-6)8(9)10/h2-5,8H,10H2,1H3. The second kappa shape index (κ2) is 2.80. The van der Waals surface area contributed by atoms with Crippen molar-refractivity contribution in [1.29, 1.82) is 0 Å². The highest BCUT2D eigenvalue weighted by Gasteiger charge is 2.00. The van der Waals surface area contributed by atoms with Gasteiger partial charge in [-0.2, -0.15) is 0 Å². The van der Waals surface area contributed by atoms with Gasteiger partial charge in [0.15, 0.2) is 6.30 Å². The summed E-state index contributed by atoms with van der Waals surface area (Å²) < 4.78 is 12.4. The van der Waals surface area contributed by atoms with Crippen LogP contribution in [0.1, 0.15) is 17.4 Å². The van der Waals surface area contributed by atoms with Crippen LogP contribution in [0.3, 0.4) is 0 Å². The van der Waals surface area contributed by atoms with Gasteiger partial charge in [-0.1, -0.05) is 29.8 Å². The normalized spacial score (nSPS) is 13.1. The summed E-state index contributed by atoms with van der Waals surface area (Å²) in [5, 5.41) is 0. The lowest BCUT2D eigenvalue weighted by Gasteiger charge is -2.01. The van der Waals surface area contributed by atoms with Gasteiger partial charge >= 0.3 is 0 Å². The van der Waals surface area contributed by atoms with Crippen LogP contribution in [-0.2, 0) is 0 Å². The summed E-state index contributed by atoms with van der Waals surface area (Å²) in [5.74, 6) is 0. The van der Waals surface area contributed by atoms with Crippen molar-refractivity contribution in [2.45, 2.75) is 13.2 Å². The van der Waals surface area contributed by atoms with E-state index in [1.54, 1.807) is 18.2 Å². The summed E-state index contributed by atoms with van der Waals surface area (Å²) in [6.45, 7) is 1.91. The first-order valence-corrected chi connectivity index (χ1v) is 3.16. The van der Waals surface area contributed by atoms with Gasteiger partial charge in [-0.15, -0.1) is 0 Å². The zero-order valence-corrected chi connectivity index (χ0v) is 5.84. The van der Waals surface area contributed by atoms with Gasteiger partial charge in [0.2, 0.25) is 0 Å². The Bertz CT molecular complexity index is 220. The van der Waals surface area contributed by atoms with E-state index in [0.717, 1.165) is 5.56 Å². The van der Waals surface area contributed by atoms with Gasteiger partial charge in [0, 0.05) is 5.56 Å². The third-order valence-corrected chi connectivity index (χ3v) is 1.36. The first-order valence-electron chi connectivity index (χ1n) is 3.16. The second-order valence-electron chi connectivity index (χ2n) is 2.32. The first-order chi connectivity index (χ1) is 4.70. The number of aryl methyl sites for hydroxylation is 1. The minimum Gasteiger partial charge on any atom is -0.298 e. The number of hydrogen-bond acceptors (Lipinski definition) is 1. The molecule has 0 aliphatic heterocycles. The SMILES string of the molecule is Cc1cccc(C(N)F)c1. The highest BCUT2D eigenvalue weighted by molar-refractivity contribution is 5.23. The molecule has 0 radical (unpaired) electrons. The van der Waals surface area contributed by atoms with Crippen molar-refractivity contribution in [3.8, 4) is 0 Å². The maximum atomic E-state index is 12.4. The third-order valence-electron chi connectivity index (χ3n) is 1.36. The zero-order chi connectivity index (χ0) is 7.56. The molecule has 0 fully saturated rings. The molecule has 1 aromatic carbocycles. The van der Waals surface area contributed by atoms with E-state index in [1.807, 2.05) is 13.0 Å². The summed E-state index contributed by atoms with van der Waals surface area (Å²) in [6.07, 6.45) is -1.35. The Morgan fingerprint density at radius 2 is 2.20 bits per heavy atom. The van der Waals surface area contributed by atoms with Crippen LogP contribution in [0.25, 0.3) is 0 Å². The van der Waals surface area contributed by atoms with Gasteiger partial charge in [0.25, 0.3) is 0 Å². The number of benzene rings is 1. The van der Waals surface area contributed by atoms with Crippen LogP contribution in [0, 0.1) is 6.92 Å². The van der Waals surface area contributed by atoms with E-state index in [4.69, 9.17) is 5.73 Å². The average molecular weight is 139 g/mol. The van der Waals surface area contributed by atoms with E-state index in [9.17, 15) is 4.39 Å². The number of alkyl halides is 1. The molecule has 54 valence electrons. The smallest absolute Gasteiger partial charge is 0.174 e. The van der Waals surface area contributed by atoms with E-state index >= 15 is 0 Å². The fourth-order valence-corrected chi connectivity index (χ4v) is 0.842. The molecule has 0 aromatic heterocycles. The summed E-state index contributed by atoms with van der Waals surface area (Å²) in [4.78, 5) is 0. The molecule has 1 unspecified atom stereocenters. The van der Waals surface area contributed by atoms with Crippen molar-refractivity contribution in [3.63, 3.8) is 0 Å². The Balaban J connectivity index is 2.96. The Kier molecular flexibility index (Phi) is 2.02. The van der Waals surface area contributed by atoms with Crippen molar-refractivity contribution < 1.29 is 4.39 Å². The second-order valence-corrected chi connectivity index (χ2v) is 2.32. The molecule has 1 nitrogen and oxygen atoms in total. The molecule has 0 amide bonds. The molecule has 0 aliphatic rings. The van der Waals surface area contributed by atoms with Crippen molar-refractivity contribution in [2.24, 2.45) is 5.73 Å². The lowest BCUT2D eigenvalue weighted by Crippen LogP contribution is -2.02. The summed E-state index contributed by atoms with van der Waals surface area (Å²) in [5.41, 5.74) is 6.59. The highest BCUT2D eigenvalue weighted by atomic mass is 19.1. The molecule has 2 N–H and O–H groups in total. The lowest BCUT2D eigenvalue weighted by atomic mass is 10.1. The van der Waals surface area contributed by atoms with E-state index < -0.39 is 6.30 Å². The van der Waals surface area contributed by atoms with Crippen LogP contribution < -0.4 is 5.73 Å². The zero-order valence-electron chi connectivity index (χ0n) is 5.84. The minimum absolute atomic E-state index is 0.542. The monoisotopic (exact) mass is 139 g/mol. The average Bonchev–Trinajstić information content (AvgIpc) is 1.88. The van der Waals surface area contributed by atoms with Crippen LogP contribution >= 0.6 is 0 Å². The molecule has 0 spiro atoms. The van der Waals surface area contributed by atoms with Gasteiger partial charge in [-0.3, -0.25) is 5.73 Å². The molecule has 1 atom stereocenters. The Morgan fingerprint density at radius 3 is 2.60 bits per heavy atom. The molecule has 1 rings (SSSR count). The van der Waals surface area contributed by atoms with Crippen LogP contribution in [0.4, 0.5) is 4.39 Å². The predicted octanol–water partition coefficient (Wildman–Crippen LogP) is 1.92. The molecule has 10 heavy (non-hydrogen) atoms. The minimum atomic E-state index is -1.35. The Morgan fingerprint density at radius 1 is 1.50 bits per heavy atom. The molecule has 0 saturated heterocycles. The predicted molar refractivity (Wildman–Crippen MR) is 39.2 cm³/mol. The van der Waals surface area contributed by atoms with Gasteiger partial charge in [-0.05, 0) is 6.92 Å². The van der Waals surface area contributed by atoms with Gasteiger partial charge < -0.3 is 0 Å². The van der Waals surface area contributed by atoms with Crippen LogP contribution in [0.15, 0.2) is 24.3 Å². The number of hydrogen-bond donors (Lipinski definition) is 1. The lowest BCUT2D eigenvalue weighted by molar-refractivity contribution is 0.355. The fraction of sp³-hybridized carbons (Fsp3) is 0.250. The fourth-order valence-electron chi connectivity index (χ4n) is 0.842. The Hall–Kier alpha value is -0.890. The Labute approximate surface area is 59.7 Å².